The van der Waals surface area contributed by atoms with E-state index in [9.17, 15) is 8.42 Å². The zero-order valence-corrected chi connectivity index (χ0v) is 15.2. The number of hydrogen-bond donors (Lipinski definition) is 1. The van der Waals surface area contributed by atoms with Crippen molar-refractivity contribution in [1.29, 1.82) is 0 Å². The third-order valence-corrected chi connectivity index (χ3v) is 6.11. The zero-order valence-electron chi connectivity index (χ0n) is 14.4. The molecule has 1 atom stereocenters. The van der Waals surface area contributed by atoms with E-state index >= 15 is 0 Å². The molecule has 0 unspecified atom stereocenters. The van der Waals surface area contributed by atoms with E-state index in [0.717, 1.165) is 29.7 Å². The molecule has 0 amide bonds. The summed E-state index contributed by atoms with van der Waals surface area (Å²) in [5, 5.41) is 0. The zero-order chi connectivity index (χ0) is 17.7. The second-order valence-electron chi connectivity index (χ2n) is 6.29. The van der Waals surface area contributed by atoms with Crippen LogP contribution in [0.2, 0.25) is 0 Å². The summed E-state index contributed by atoms with van der Waals surface area (Å²) in [6.07, 6.45) is 1.84. The van der Waals surface area contributed by atoms with Gasteiger partial charge >= 0.3 is 0 Å². The van der Waals surface area contributed by atoms with Gasteiger partial charge < -0.3 is 4.74 Å². The van der Waals surface area contributed by atoms with Crippen LogP contribution in [0.3, 0.4) is 0 Å². The van der Waals surface area contributed by atoms with Crippen LogP contribution in [0.1, 0.15) is 29.9 Å². The molecular formula is C19H24N2O3S. The molecule has 1 heterocycles. The minimum atomic E-state index is -3.49. The lowest BCUT2D eigenvalue weighted by atomic mass is 9.91. The normalized spacial score (nSPS) is 18.8. The molecule has 5 nitrogen and oxygen atoms in total. The number of nitrogens with zero attached hydrogens (tertiary/aromatic N) is 1. The molecule has 1 aliphatic heterocycles. The molecule has 2 aromatic carbocycles. The fraction of sp³-hybridized carbons (Fsp3) is 0.368. The van der Waals surface area contributed by atoms with Crippen LogP contribution in [0.15, 0.2) is 54.6 Å². The summed E-state index contributed by atoms with van der Waals surface area (Å²) < 4.78 is 34.9. The maximum atomic E-state index is 12.6. The summed E-state index contributed by atoms with van der Waals surface area (Å²) in [7, 11) is -1.84. The van der Waals surface area contributed by atoms with Crippen molar-refractivity contribution >= 4 is 10.2 Å². The lowest BCUT2D eigenvalue weighted by Crippen LogP contribution is -2.45. The van der Waals surface area contributed by atoms with Gasteiger partial charge in [-0.05, 0) is 42.0 Å². The van der Waals surface area contributed by atoms with Crippen molar-refractivity contribution in [2.75, 3.05) is 20.2 Å². The van der Waals surface area contributed by atoms with E-state index in [-0.39, 0.29) is 5.92 Å². The molecule has 1 aliphatic rings. The number of nitrogens with one attached hydrogen (secondary N) is 1. The lowest BCUT2D eigenvalue weighted by Gasteiger charge is -2.32. The molecule has 0 saturated carbocycles. The van der Waals surface area contributed by atoms with Gasteiger partial charge in [-0.3, -0.25) is 0 Å². The standard InChI is InChI=1S/C19H24N2O3S/c1-24-19-11-5-9-17(13-19)18-10-6-12-21(15-18)25(22,23)20-14-16-7-3-2-4-8-16/h2-5,7-9,11,13,18,20H,6,10,12,14-15H2,1H3/t18-/m1/s1. The minimum absolute atomic E-state index is 0.192. The Morgan fingerprint density at radius 3 is 2.72 bits per heavy atom. The highest BCUT2D eigenvalue weighted by atomic mass is 32.2. The Morgan fingerprint density at radius 1 is 1.16 bits per heavy atom. The molecule has 25 heavy (non-hydrogen) atoms. The highest BCUT2D eigenvalue weighted by molar-refractivity contribution is 7.87. The molecule has 0 aliphatic carbocycles. The van der Waals surface area contributed by atoms with Gasteiger partial charge in [-0.25, -0.2) is 0 Å². The predicted octanol–water partition coefficient (Wildman–Crippen LogP) is 2.91. The Bertz CT molecular complexity index is 793. The summed E-state index contributed by atoms with van der Waals surface area (Å²) in [4.78, 5) is 0. The van der Waals surface area contributed by atoms with E-state index in [1.54, 1.807) is 11.4 Å². The van der Waals surface area contributed by atoms with Crippen LogP contribution in [0.4, 0.5) is 0 Å². The summed E-state index contributed by atoms with van der Waals surface area (Å²) in [6, 6.07) is 17.5. The molecular weight excluding hydrogens is 336 g/mol. The number of ether oxygens (including phenoxy) is 1. The van der Waals surface area contributed by atoms with Gasteiger partial charge in [0.15, 0.2) is 0 Å². The average molecular weight is 360 g/mol. The van der Waals surface area contributed by atoms with Crippen molar-refractivity contribution in [3.05, 3.63) is 65.7 Å². The van der Waals surface area contributed by atoms with Gasteiger partial charge in [0.1, 0.15) is 5.75 Å². The molecule has 0 aromatic heterocycles. The van der Waals surface area contributed by atoms with Crippen LogP contribution in [0.25, 0.3) is 0 Å². The lowest BCUT2D eigenvalue weighted by molar-refractivity contribution is 0.311. The van der Waals surface area contributed by atoms with Crippen LogP contribution in [0.5, 0.6) is 5.75 Å². The number of benzene rings is 2. The Morgan fingerprint density at radius 2 is 1.96 bits per heavy atom. The first-order chi connectivity index (χ1) is 12.1. The van der Waals surface area contributed by atoms with Crippen molar-refractivity contribution in [1.82, 2.24) is 9.03 Å². The molecule has 1 fully saturated rings. The highest BCUT2D eigenvalue weighted by Gasteiger charge is 2.29. The Balaban J connectivity index is 1.67. The predicted molar refractivity (Wildman–Crippen MR) is 98.7 cm³/mol. The van der Waals surface area contributed by atoms with Crippen LogP contribution in [-0.2, 0) is 16.8 Å². The number of hydrogen-bond acceptors (Lipinski definition) is 3. The average Bonchev–Trinajstić information content (AvgIpc) is 2.67. The summed E-state index contributed by atoms with van der Waals surface area (Å²) >= 11 is 0. The first kappa shape index (κ1) is 17.9. The molecule has 6 heteroatoms. The van der Waals surface area contributed by atoms with Crippen LogP contribution < -0.4 is 9.46 Å². The number of rotatable bonds is 6. The smallest absolute Gasteiger partial charge is 0.279 e. The molecule has 3 rings (SSSR count). The fourth-order valence-electron chi connectivity index (χ4n) is 3.19. The van der Waals surface area contributed by atoms with E-state index < -0.39 is 10.2 Å². The van der Waals surface area contributed by atoms with Gasteiger partial charge in [0.2, 0.25) is 0 Å². The Labute approximate surface area is 149 Å². The third-order valence-electron chi connectivity index (χ3n) is 4.59. The third kappa shape index (κ3) is 4.60. The van der Waals surface area contributed by atoms with E-state index in [1.165, 1.54) is 0 Å². The van der Waals surface area contributed by atoms with E-state index in [2.05, 4.69) is 4.72 Å². The Hall–Kier alpha value is -1.89. The van der Waals surface area contributed by atoms with Gasteiger partial charge in [-0.15, -0.1) is 0 Å². The SMILES string of the molecule is COc1cccc([C@@H]2CCCN(S(=O)(=O)NCc3ccccc3)C2)c1. The molecule has 0 spiro atoms. The quantitative estimate of drug-likeness (QED) is 0.862. The van der Waals surface area contributed by atoms with Crippen molar-refractivity contribution in [3.8, 4) is 5.75 Å². The summed E-state index contributed by atoms with van der Waals surface area (Å²) in [5.41, 5.74) is 2.08. The molecule has 2 aromatic rings. The maximum Gasteiger partial charge on any atom is 0.279 e. The van der Waals surface area contributed by atoms with Crippen molar-refractivity contribution < 1.29 is 13.2 Å². The number of piperidine rings is 1. The van der Waals surface area contributed by atoms with Crippen molar-refractivity contribution in [2.45, 2.75) is 25.3 Å². The fourth-order valence-corrected chi connectivity index (χ4v) is 4.47. The van der Waals surface area contributed by atoms with Gasteiger partial charge in [-0.1, -0.05) is 42.5 Å². The molecule has 0 bridgehead atoms. The first-order valence-corrected chi connectivity index (χ1v) is 9.95. The Kier molecular flexibility index (Phi) is 5.73. The van der Waals surface area contributed by atoms with Gasteiger partial charge in [-0.2, -0.15) is 17.4 Å². The van der Waals surface area contributed by atoms with Crippen molar-refractivity contribution in [2.24, 2.45) is 0 Å². The monoisotopic (exact) mass is 360 g/mol. The molecule has 1 N–H and O–H groups in total. The van der Waals surface area contributed by atoms with E-state index in [1.807, 2.05) is 54.6 Å². The summed E-state index contributed by atoms with van der Waals surface area (Å²) in [6.45, 7) is 1.37. The maximum absolute atomic E-state index is 12.6. The second-order valence-corrected chi connectivity index (χ2v) is 8.04. The second kappa shape index (κ2) is 7.99. The highest BCUT2D eigenvalue weighted by Crippen LogP contribution is 2.30. The number of methoxy groups -OCH3 is 1. The largest absolute Gasteiger partial charge is 0.497 e. The van der Waals surface area contributed by atoms with Gasteiger partial charge in [0.05, 0.1) is 7.11 Å². The molecule has 134 valence electrons. The van der Waals surface area contributed by atoms with Gasteiger partial charge in [0.25, 0.3) is 10.2 Å². The topological polar surface area (TPSA) is 58.6 Å². The first-order valence-electron chi connectivity index (χ1n) is 8.51. The summed E-state index contributed by atoms with van der Waals surface area (Å²) in [5.74, 6) is 0.997. The van der Waals surface area contributed by atoms with Crippen LogP contribution >= 0.6 is 0 Å². The molecule has 0 radical (unpaired) electrons. The molecule has 1 saturated heterocycles. The van der Waals surface area contributed by atoms with Crippen molar-refractivity contribution in [3.63, 3.8) is 0 Å². The van der Waals surface area contributed by atoms with E-state index in [4.69, 9.17) is 4.74 Å². The van der Waals surface area contributed by atoms with Gasteiger partial charge in [0, 0.05) is 19.6 Å². The van der Waals surface area contributed by atoms with E-state index in [0.29, 0.717) is 19.6 Å². The van der Waals surface area contributed by atoms with Crippen LogP contribution in [-0.4, -0.2) is 32.9 Å². The van der Waals surface area contributed by atoms with Crippen LogP contribution in [0, 0.1) is 0 Å². The minimum Gasteiger partial charge on any atom is -0.497 e.